The number of halogens is 1. The molecule has 0 fully saturated rings. The minimum absolute atomic E-state index is 0.181. The molecule has 1 N–H and O–H groups in total. The molecule has 6 nitrogen and oxygen atoms in total. The minimum atomic E-state index is -3.94. The van der Waals surface area contributed by atoms with Gasteiger partial charge < -0.3 is 0 Å². The van der Waals surface area contributed by atoms with Crippen LogP contribution in [0, 0.1) is 10.1 Å². The number of nitrogens with one attached hydrogen (secondary N) is 1. The zero-order valence-corrected chi connectivity index (χ0v) is 14.4. The topological polar surface area (TPSA) is 89.3 Å². The van der Waals surface area contributed by atoms with Crippen molar-refractivity contribution in [2.75, 3.05) is 12.8 Å². The Morgan fingerprint density at radius 1 is 1.45 bits per heavy atom. The second-order valence-corrected chi connectivity index (χ2v) is 8.82. The van der Waals surface area contributed by atoms with E-state index >= 15 is 0 Å². The lowest BCUT2D eigenvalue weighted by Crippen LogP contribution is -2.36. The summed E-state index contributed by atoms with van der Waals surface area (Å²) in [6, 6.07) is 3.83. The molecular formula is C11H15BrN2O4S2. The summed E-state index contributed by atoms with van der Waals surface area (Å²) in [7, 11) is -3.94. The van der Waals surface area contributed by atoms with Crippen LogP contribution in [0.4, 0.5) is 5.69 Å². The van der Waals surface area contributed by atoms with Crippen molar-refractivity contribution < 1.29 is 13.3 Å². The number of hydrogen-bond acceptors (Lipinski definition) is 5. The van der Waals surface area contributed by atoms with E-state index in [1.165, 1.54) is 30.0 Å². The monoisotopic (exact) mass is 382 g/mol. The zero-order chi connectivity index (χ0) is 15.6. The number of nitro benzene ring substituents is 1. The third-order valence-corrected chi connectivity index (χ3v) is 5.82. The molecule has 0 bridgehead atoms. The van der Waals surface area contributed by atoms with E-state index in [0.29, 0.717) is 4.47 Å². The number of nitro groups is 1. The van der Waals surface area contributed by atoms with Crippen LogP contribution in [0.5, 0.6) is 0 Å². The van der Waals surface area contributed by atoms with Crippen molar-refractivity contribution in [1.29, 1.82) is 0 Å². The summed E-state index contributed by atoms with van der Waals surface area (Å²) in [5.74, 6) is 0. The Morgan fingerprint density at radius 3 is 2.55 bits per heavy atom. The Bertz CT molecular complexity index is 617. The molecule has 112 valence electrons. The number of hydrogen-bond donors (Lipinski definition) is 1. The Hall–Kier alpha value is -0.640. The van der Waals surface area contributed by atoms with Crippen molar-refractivity contribution in [3.05, 3.63) is 32.8 Å². The third-order valence-electron chi connectivity index (χ3n) is 2.65. The summed E-state index contributed by atoms with van der Waals surface area (Å²) in [5, 5.41) is 10.9. The van der Waals surface area contributed by atoms with Crippen LogP contribution >= 0.6 is 27.7 Å². The fraction of sp³-hybridized carbons (Fsp3) is 0.455. The number of benzene rings is 1. The molecule has 0 heterocycles. The molecule has 0 atom stereocenters. The molecule has 0 amide bonds. The van der Waals surface area contributed by atoms with Gasteiger partial charge in [-0.3, -0.25) is 10.1 Å². The third kappa shape index (κ3) is 4.44. The molecule has 0 radical (unpaired) electrons. The van der Waals surface area contributed by atoms with Gasteiger partial charge in [0.25, 0.3) is 5.69 Å². The molecule has 1 rings (SSSR count). The van der Waals surface area contributed by atoms with E-state index in [0.717, 1.165) is 0 Å². The first kappa shape index (κ1) is 17.4. The maximum absolute atomic E-state index is 12.2. The molecule has 0 spiro atoms. The highest BCUT2D eigenvalue weighted by Crippen LogP contribution is 2.28. The van der Waals surface area contributed by atoms with E-state index in [4.69, 9.17) is 0 Å². The van der Waals surface area contributed by atoms with Crippen LogP contribution in [-0.4, -0.2) is 30.9 Å². The summed E-state index contributed by atoms with van der Waals surface area (Å²) in [6.07, 6.45) is 1.87. The number of rotatable bonds is 6. The lowest BCUT2D eigenvalue weighted by atomic mass is 10.2. The van der Waals surface area contributed by atoms with Gasteiger partial charge in [0, 0.05) is 21.8 Å². The molecule has 0 saturated carbocycles. The van der Waals surface area contributed by atoms with Crippen LogP contribution in [0.3, 0.4) is 0 Å². The van der Waals surface area contributed by atoms with E-state index in [1.54, 1.807) is 0 Å². The highest BCUT2D eigenvalue weighted by molar-refractivity contribution is 9.10. The van der Waals surface area contributed by atoms with Gasteiger partial charge >= 0.3 is 0 Å². The van der Waals surface area contributed by atoms with Gasteiger partial charge in [0.2, 0.25) is 10.0 Å². The van der Waals surface area contributed by atoms with E-state index in [-0.39, 0.29) is 16.2 Å². The SMILES string of the molecule is CSC(C)(C)CNS(=O)(=O)c1cc(Br)ccc1[N+](=O)[O-]. The maximum Gasteiger partial charge on any atom is 0.289 e. The molecule has 0 aromatic heterocycles. The molecular weight excluding hydrogens is 368 g/mol. The maximum atomic E-state index is 12.2. The fourth-order valence-corrected chi connectivity index (χ4v) is 3.50. The van der Waals surface area contributed by atoms with Gasteiger partial charge in [-0.05, 0) is 32.2 Å². The van der Waals surface area contributed by atoms with Crippen molar-refractivity contribution in [2.24, 2.45) is 0 Å². The molecule has 20 heavy (non-hydrogen) atoms. The van der Waals surface area contributed by atoms with Gasteiger partial charge in [0.05, 0.1) is 4.92 Å². The van der Waals surface area contributed by atoms with Gasteiger partial charge in [-0.15, -0.1) is 0 Å². The molecule has 0 saturated heterocycles. The normalized spacial score (nSPS) is 12.4. The second-order valence-electron chi connectivity index (χ2n) is 4.66. The Kier molecular flexibility index (Phi) is 5.59. The van der Waals surface area contributed by atoms with Crippen LogP contribution in [0.15, 0.2) is 27.6 Å². The van der Waals surface area contributed by atoms with Gasteiger partial charge in [0.15, 0.2) is 4.90 Å². The second kappa shape index (κ2) is 6.42. The molecule has 0 aliphatic rings. The standard InChI is InChI=1S/C11H15BrN2O4S2/c1-11(2,19-3)7-13-20(17,18)10-6-8(12)4-5-9(10)14(15)16/h4-6,13H,7H2,1-3H3. The Labute approximate surface area is 130 Å². The van der Waals surface area contributed by atoms with Crippen LogP contribution in [-0.2, 0) is 10.0 Å². The van der Waals surface area contributed by atoms with Crippen molar-refractivity contribution >= 4 is 43.4 Å². The summed E-state index contributed by atoms with van der Waals surface area (Å²) in [5.41, 5.74) is -0.442. The molecule has 0 aliphatic carbocycles. The summed E-state index contributed by atoms with van der Waals surface area (Å²) < 4.78 is 27.0. The first-order chi connectivity index (χ1) is 9.09. The van der Waals surface area contributed by atoms with Crippen molar-refractivity contribution in [1.82, 2.24) is 4.72 Å². The first-order valence-electron chi connectivity index (χ1n) is 5.58. The lowest BCUT2D eigenvalue weighted by molar-refractivity contribution is -0.387. The van der Waals surface area contributed by atoms with Crippen molar-refractivity contribution in [2.45, 2.75) is 23.5 Å². The largest absolute Gasteiger partial charge is 0.289 e. The number of sulfonamides is 1. The fourth-order valence-electron chi connectivity index (χ4n) is 1.27. The number of nitrogens with zero attached hydrogens (tertiary/aromatic N) is 1. The average Bonchev–Trinajstić information content (AvgIpc) is 2.36. The highest BCUT2D eigenvalue weighted by Gasteiger charge is 2.28. The Morgan fingerprint density at radius 2 is 2.05 bits per heavy atom. The van der Waals surface area contributed by atoms with Gasteiger partial charge in [-0.25, -0.2) is 13.1 Å². The quantitative estimate of drug-likeness (QED) is 0.603. The first-order valence-corrected chi connectivity index (χ1v) is 9.08. The predicted octanol–water partition coefficient (Wildman–Crippen LogP) is 2.78. The van der Waals surface area contributed by atoms with E-state index in [2.05, 4.69) is 20.7 Å². The number of thioether (sulfide) groups is 1. The van der Waals surface area contributed by atoms with Gasteiger partial charge in [-0.2, -0.15) is 11.8 Å². The average molecular weight is 383 g/mol. The molecule has 9 heteroatoms. The smallest absolute Gasteiger partial charge is 0.258 e. The van der Waals surface area contributed by atoms with E-state index < -0.39 is 20.6 Å². The van der Waals surface area contributed by atoms with Crippen LogP contribution in [0.2, 0.25) is 0 Å². The van der Waals surface area contributed by atoms with E-state index in [9.17, 15) is 18.5 Å². The van der Waals surface area contributed by atoms with Gasteiger partial charge in [0.1, 0.15) is 0 Å². The van der Waals surface area contributed by atoms with Crippen molar-refractivity contribution in [3.8, 4) is 0 Å². The molecule has 0 aliphatic heterocycles. The van der Waals surface area contributed by atoms with Crippen LogP contribution < -0.4 is 4.72 Å². The summed E-state index contributed by atoms with van der Waals surface area (Å²) >= 11 is 4.63. The van der Waals surface area contributed by atoms with Crippen LogP contribution in [0.25, 0.3) is 0 Å². The summed E-state index contributed by atoms with van der Waals surface area (Å²) in [4.78, 5) is 9.88. The zero-order valence-electron chi connectivity index (χ0n) is 11.2. The molecule has 1 aromatic rings. The Balaban J connectivity index is 3.16. The van der Waals surface area contributed by atoms with Crippen molar-refractivity contribution in [3.63, 3.8) is 0 Å². The van der Waals surface area contributed by atoms with E-state index in [1.807, 2.05) is 20.1 Å². The van der Waals surface area contributed by atoms with Crippen LogP contribution in [0.1, 0.15) is 13.8 Å². The predicted molar refractivity (Wildman–Crippen MR) is 83.6 cm³/mol. The van der Waals surface area contributed by atoms with Gasteiger partial charge in [-0.1, -0.05) is 15.9 Å². The minimum Gasteiger partial charge on any atom is -0.258 e. The highest BCUT2D eigenvalue weighted by atomic mass is 79.9. The lowest BCUT2D eigenvalue weighted by Gasteiger charge is -2.22. The molecule has 0 unspecified atom stereocenters. The molecule has 1 aromatic carbocycles. The summed E-state index contributed by atoms with van der Waals surface area (Å²) in [6.45, 7) is 3.95.